The zero-order chi connectivity index (χ0) is 17.0. The van der Waals surface area contributed by atoms with Crippen LogP contribution in [0.4, 0.5) is 0 Å². The van der Waals surface area contributed by atoms with E-state index in [9.17, 15) is 13.2 Å². The maximum absolute atomic E-state index is 12.1. The van der Waals surface area contributed by atoms with E-state index in [2.05, 4.69) is 25.5 Å². The first kappa shape index (κ1) is 18.7. The van der Waals surface area contributed by atoms with Gasteiger partial charge < -0.3 is 9.47 Å². The van der Waals surface area contributed by atoms with Crippen LogP contribution >= 0.6 is 0 Å². The molecule has 7 heteroatoms. The minimum absolute atomic E-state index is 0.0296. The van der Waals surface area contributed by atoms with Crippen molar-refractivity contribution >= 4 is 15.9 Å². The predicted molar refractivity (Wildman–Crippen MR) is 87.4 cm³/mol. The smallest absolute Gasteiger partial charge is 0.259 e. The molecule has 2 aliphatic rings. The molecule has 0 radical (unpaired) electrons. The Morgan fingerprint density at radius 3 is 2.65 bits per heavy atom. The summed E-state index contributed by atoms with van der Waals surface area (Å²) in [5, 5.41) is -0.635. The summed E-state index contributed by atoms with van der Waals surface area (Å²) in [6.07, 6.45) is 3.67. The van der Waals surface area contributed by atoms with Gasteiger partial charge in [-0.05, 0) is 37.0 Å². The Labute approximate surface area is 139 Å². The van der Waals surface area contributed by atoms with Gasteiger partial charge in [-0.2, -0.15) is 0 Å². The van der Waals surface area contributed by atoms with Gasteiger partial charge in [-0.15, -0.1) is 0 Å². The summed E-state index contributed by atoms with van der Waals surface area (Å²) in [6, 6.07) is 0. The lowest BCUT2D eigenvalue weighted by Crippen LogP contribution is -2.42. The van der Waals surface area contributed by atoms with Crippen LogP contribution < -0.4 is 4.72 Å². The number of carbonyl (C=O) groups is 1. The van der Waals surface area contributed by atoms with Gasteiger partial charge in [0.25, 0.3) is 5.91 Å². The summed E-state index contributed by atoms with van der Waals surface area (Å²) in [5.41, 5.74) is 0. The number of amides is 1. The van der Waals surface area contributed by atoms with E-state index < -0.39 is 21.2 Å². The number of carbonyl (C=O) groups excluding carboxylic acids is 1. The van der Waals surface area contributed by atoms with E-state index >= 15 is 0 Å². The van der Waals surface area contributed by atoms with Crippen molar-refractivity contribution in [2.24, 2.45) is 17.8 Å². The fourth-order valence-corrected chi connectivity index (χ4v) is 4.74. The molecule has 134 valence electrons. The van der Waals surface area contributed by atoms with Crippen LogP contribution in [-0.4, -0.2) is 45.5 Å². The molecule has 6 nitrogen and oxygen atoms in total. The molecule has 0 aromatic rings. The fraction of sp³-hybridized carbons (Fsp3) is 0.938. The van der Waals surface area contributed by atoms with Gasteiger partial charge in [0.1, 0.15) is 11.9 Å². The second-order valence-corrected chi connectivity index (χ2v) is 9.19. The number of sulfonamides is 1. The van der Waals surface area contributed by atoms with E-state index in [0.29, 0.717) is 30.8 Å². The molecule has 1 saturated heterocycles. The minimum Gasteiger partial charge on any atom is -0.380 e. The third kappa shape index (κ3) is 5.16. The van der Waals surface area contributed by atoms with Crippen LogP contribution in [-0.2, 0) is 24.3 Å². The topological polar surface area (TPSA) is 81.7 Å². The molecule has 0 bridgehead atoms. The van der Waals surface area contributed by atoms with Gasteiger partial charge >= 0.3 is 0 Å². The lowest BCUT2D eigenvalue weighted by Gasteiger charge is -2.37. The SMILES string of the molecule is CC1CCC(C(C)C)C(OCC(=O)NS(=O)(=O)C2CCOC2)C1. The minimum atomic E-state index is -3.66. The molecule has 4 atom stereocenters. The van der Waals surface area contributed by atoms with Crippen molar-refractivity contribution in [2.45, 2.75) is 57.8 Å². The fourth-order valence-electron chi connectivity index (χ4n) is 3.52. The number of rotatable bonds is 6. The monoisotopic (exact) mass is 347 g/mol. The normalized spacial score (nSPS) is 32.2. The third-order valence-electron chi connectivity index (χ3n) is 4.97. The van der Waals surface area contributed by atoms with Crippen LogP contribution in [0, 0.1) is 17.8 Å². The van der Waals surface area contributed by atoms with Crippen molar-refractivity contribution in [3.05, 3.63) is 0 Å². The lowest BCUT2D eigenvalue weighted by molar-refractivity contribution is -0.129. The van der Waals surface area contributed by atoms with Crippen molar-refractivity contribution in [1.29, 1.82) is 0 Å². The van der Waals surface area contributed by atoms with Crippen molar-refractivity contribution in [3.63, 3.8) is 0 Å². The van der Waals surface area contributed by atoms with Gasteiger partial charge in [0.05, 0.1) is 12.7 Å². The predicted octanol–water partition coefficient (Wildman–Crippen LogP) is 1.70. The van der Waals surface area contributed by atoms with Crippen LogP contribution in [0.2, 0.25) is 0 Å². The highest BCUT2D eigenvalue weighted by molar-refractivity contribution is 7.90. The maximum Gasteiger partial charge on any atom is 0.259 e. The molecule has 2 fully saturated rings. The second-order valence-electron chi connectivity index (χ2n) is 7.23. The summed E-state index contributed by atoms with van der Waals surface area (Å²) >= 11 is 0. The molecule has 1 aliphatic heterocycles. The average Bonchev–Trinajstić information content (AvgIpc) is 2.99. The first-order valence-electron chi connectivity index (χ1n) is 8.53. The molecule has 2 rings (SSSR count). The van der Waals surface area contributed by atoms with Crippen LogP contribution in [0.1, 0.15) is 46.5 Å². The van der Waals surface area contributed by atoms with Crippen LogP contribution in [0.3, 0.4) is 0 Å². The van der Waals surface area contributed by atoms with E-state index in [0.717, 1.165) is 12.8 Å². The van der Waals surface area contributed by atoms with Gasteiger partial charge in [0.2, 0.25) is 10.0 Å². The number of hydrogen-bond donors (Lipinski definition) is 1. The Morgan fingerprint density at radius 2 is 2.04 bits per heavy atom. The number of hydrogen-bond acceptors (Lipinski definition) is 5. The van der Waals surface area contributed by atoms with Crippen molar-refractivity contribution in [2.75, 3.05) is 19.8 Å². The first-order chi connectivity index (χ1) is 10.8. The zero-order valence-corrected chi connectivity index (χ0v) is 15.1. The third-order valence-corrected chi connectivity index (χ3v) is 6.73. The van der Waals surface area contributed by atoms with Crippen LogP contribution in [0.5, 0.6) is 0 Å². The summed E-state index contributed by atoms with van der Waals surface area (Å²) in [5.74, 6) is 0.920. The lowest BCUT2D eigenvalue weighted by atomic mass is 9.75. The van der Waals surface area contributed by atoms with Gasteiger partial charge in [0.15, 0.2) is 0 Å². The van der Waals surface area contributed by atoms with E-state index in [4.69, 9.17) is 9.47 Å². The molecule has 1 amide bonds. The highest BCUT2D eigenvalue weighted by atomic mass is 32.2. The molecule has 0 aromatic heterocycles. The molecule has 1 aliphatic carbocycles. The molecule has 4 unspecified atom stereocenters. The van der Waals surface area contributed by atoms with Gasteiger partial charge in [0, 0.05) is 6.61 Å². The largest absolute Gasteiger partial charge is 0.380 e. The van der Waals surface area contributed by atoms with Crippen LogP contribution in [0.25, 0.3) is 0 Å². The molecule has 1 heterocycles. The quantitative estimate of drug-likeness (QED) is 0.791. The Hall–Kier alpha value is -0.660. The number of ether oxygens (including phenoxy) is 2. The molecular weight excluding hydrogens is 318 g/mol. The molecule has 0 aromatic carbocycles. The standard InChI is InChI=1S/C16H29NO5S/c1-11(2)14-5-4-12(3)8-15(14)22-10-16(18)17-23(19,20)13-6-7-21-9-13/h11-15H,4-10H2,1-3H3,(H,17,18). The van der Waals surface area contributed by atoms with Crippen LogP contribution in [0.15, 0.2) is 0 Å². The van der Waals surface area contributed by atoms with Crippen molar-refractivity contribution in [3.8, 4) is 0 Å². The Bertz CT molecular complexity index is 499. The Kier molecular flexibility index (Phi) is 6.45. The van der Waals surface area contributed by atoms with Gasteiger partial charge in [-0.3, -0.25) is 9.52 Å². The van der Waals surface area contributed by atoms with E-state index in [-0.39, 0.29) is 19.3 Å². The molecule has 1 saturated carbocycles. The molecular formula is C16H29NO5S. The zero-order valence-electron chi connectivity index (χ0n) is 14.3. The highest BCUT2D eigenvalue weighted by Gasteiger charge is 2.33. The van der Waals surface area contributed by atoms with Gasteiger partial charge in [-0.1, -0.05) is 27.2 Å². The van der Waals surface area contributed by atoms with E-state index in [1.54, 1.807) is 0 Å². The van der Waals surface area contributed by atoms with Gasteiger partial charge in [-0.25, -0.2) is 8.42 Å². The summed E-state index contributed by atoms with van der Waals surface area (Å²) in [7, 11) is -3.66. The molecule has 1 N–H and O–H groups in total. The Morgan fingerprint density at radius 1 is 1.30 bits per heavy atom. The molecule has 23 heavy (non-hydrogen) atoms. The summed E-state index contributed by atoms with van der Waals surface area (Å²) in [4.78, 5) is 12.0. The van der Waals surface area contributed by atoms with Crippen molar-refractivity contribution in [1.82, 2.24) is 4.72 Å². The highest BCUT2D eigenvalue weighted by Crippen LogP contribution is 2.35. The second kappa shape index (κ2) is 7.94. The summed E-state index contributed by atoms with van der Waals surface area (Å²) in [6.45, 7) is 6.90. The van der Waals surface area contributed by atoms with E-state index in [1.807, 2.05) is 0 Å². The number of nitrogens with one attached hydrogen (secondary N) is 1. The average molecular weight is 347 g/mol. The van der Waals surface area contributed by atoms with E-state index in [1.165, 1.54) is 6.42 Å². The summed E-state index contributed by atoms with van der Waals surface area (Å²) < 4.78 is 37.1. The first-order valence-corrected chi connectivity index (χ1v) is 10.1. The Balaban J connectivity index is 1.85. The maximum atomic E-state index is 12.1. The van der Waals surface area contributed by atoms with Crippen molar-refractivity contribution < 1.29 is 22.7 Å². The molecule has 0 spiro atoms.